The van der Waals surface area contributed by atoms with Gasteiger partial charge in [-0.2, -0.15) is 5.10 Å². The second kappa shape index (κ2) is 5.91. The molecule has 0 bridgehead atoms. The summed E-state index contributed by atoms with van der Waals surface area (Å²) < 4.78 is 1.98. The lowest BCUT2D eigenvalue weighted by molar-refractivity contribution is 0.599. The summed E-state index contributed by atoms with van der Waals surface area (Å²) >= 11 is 0. The van der Waals surface area contributed by atoms with Crippen molar-refractivity contribution in [2.75, 3.05) is 6.54 Å². The van der Waals surface area contributed by atoms with Gasteiger partial charge in [0.25, 0.3) is 0 Å². The van der Waals surface area contributed by atoms with Gasteiger partial charge in [0.05, 0.1) is 11.4 Å². The van der Waals surface area contributed by atoms with E-state index in [-0.39, 0.29) is 0 Å². The Hall–Kier alpha value is -0.830. The number of unbranched alkanes of at least 4 members (excludes halogenated alkanes) is 1. The van der Waals surface area contributed by atoms with Crippen molar-refractivity contribution in [2.45, 2.75) is 46.1 Å². The molecule has 1 heterocycles. The molecule has 1 rings (SSSR count). The highest BCUT2D eigenvalue weighted by atomic mass is 15.3. The molecule has 15 heavy (non-hydrogen) atoms. The molecule has 0 radical (unpaired) electrons. The van der Waals surface area contributed by atoms with Gasteiger partial charge >= 0.3 is 0 Å². The lowest BCUT2D eigenvalue weighted by atomic mass is 10.1. The van der Waals surface area contributed by atoms with Gasteiger partial charge in [-0.15, -0.1) is 0 Å². The minimum Gasteiger partial charge on any atom is -0.311 e. The first-order valence-corrected chi connectivity index (χ1v) is 5.88. The normalized spacial score (nSPS) is 11.3. The maximum Gasteiger partial charge on any atom is 0.0653 e. The molecule has 0 unspecified atom stereocenters. The van der Waals surface area contributed by atoms with E-state index in [9.17, 15) is 0 Å². The van der Waals surface area contributed by atoms with Crippen LogP contribution in [0.1, 0.15) is 50.9 Å². The highest BCUT2D eigenvalue weighted by Crippen LogP contribution is 2.13. The molecular formula is C12H23N3. The number of aromatic nitrogens is 2. The monoisotopic (exact) mass is 209 g/mol. The van der Waals surface area contributed by atoms with Gasteiger partial charge in [-0.25, -0.2) is 0 Å². The van der Waals surface area contributed by atoms with Crippen LogP contribution in [0.5, 0.6) is 0 Å². The fourth-order valence-electron chi connectivity index (χ4n) is 1.50. The van der Waals surface area contributed by atoms with E-state index in [1.54, 1.807) is 0 Å². The van der Waals surface area contributed by atoms with Crippen LogP contribution in [0.2, 0.25) is 0 Å². The summed E-state index contributed by atoms with van der Waals surface area (Å²) in [6, 6.07) is 2.20. The molecule has 0 atom stereocenters. The molecule has 1 aromatic heterocycles. The van der Waals surface area contributed by atoms with Gasteiger partial charge in [-0.3, -0.25) is 4.68 Å². The van der Waals surface area contributed by atoms with E-state index >= 15 is 0 Å². The van der Waals surface area contributed by atoms with Crippen molar-refractivity contribution in [3.05, 3.63) is 17.5 Å². The van der Waals surface area contributed by atoms with Crippen LogP contribution in [0, 0.1) is 0 Å². The molecule has 3 nitrogen and oxygen atoms in total. The number of rotatable bonds is 6. The predicted octanol–water partition coefficient (Wildman–Crippen LogP) is 2.43. The molecule has 86 valence electrons. The lowest BCUT2D eigenvalue weighted by Gasteiger charge is -2.03. The first kappa shape index (κ1) is 12.2. The summed E-state index contributed by atoms with van der Waals surface area (Å²) in [6.45, 7) is 8.59. The highest BCUT2D eigenvalue weighted by molar-refractivity contribution is 5.13. The third-order valence-corrected chi connectivity index (χ3v) is 2.60. The van der Waals surface area contributed by atoms with Crippen molar-refractivity contribution in [1.82, 2.24) is 15.1 Å². The van der Waals surface area contributed by atoms with Gasteiger partial charge in [0, 0.05) is 13.6 Å². The Balaban J connectivity index is 2.46. The summed E-state index contributed by atoms with van der Waals surface area (Å²) in [5, 5.41) is 7.92. The second-order valence-electron chi connectivity index (χ2n) is 4.37. The molecule has 0 saturated heterocycles. The van der Waals surface area contributed by atoms with Gasteiger partial charge < -0.3 is 5.32 Å². The standard InChI is InChI=1S/C12H23N3/c1-5-6-7-13-9-11-8-12(10(2)3)14-15(11)4/h8,10,13H,5-7,9H2,1-4H3. The number of nitrogens with one attached hydrogen (secondary N) is 1. The maximum atomic E-state index is 4.49. The minimum absolute atomic E-state index is 0.514. The van der Waals surface area contributed by atoms with E-state index in [1.807, 2.05) is 11.7 Å². The minimum atomic E-state index is 0.514. The summed E-state index contributed by atoms with van der Waals surface area (Å²) in [6.07, 6.45) is 2.49. The Morgan fingerprint density at radius 3 is 2.73 bits per heavy atom. The zero-order chi connectivity index (χ0) is 11.3. The summed E-state index contributed by atoms with van der Waals surface area (Å²) in [5.74, 6) is 0.514. The summed E-state index contributed by atoms with van der Waals surface area (Å²) in [4.78, 5) is 0. The number of aryl methyl sites for hydroxylation is 1. The molecule has 0 aliphatic carbocycles. The molecule has 3 heteroatoms. The van der Waals surface area contributed by atoms with Crippen LogP contribution in [0.3, 0.4) is 0 Å². The van der Waals surface area contributed by atoms with E-state index in [1.165, 1.54) is 24.2 Å². The Labute approximate surface area is 92.9 Å². The molecule has 0 aliphatic heterocycles. The van der Waals surface area contributed by atoms with Crippen molar-refractivity contribution in [3.63, 3.8) is 0 Å². The molecule has 0 aromatic carbocycles. The van der Waals surface area contributed by atoms with E-state index < -0.39 is 0 Å². The molecule has 0 amide bonds. The van der Waals surface area contributed by atoms with E-state index in [0.717, 1.165) is 13.1 Å². The third-order valence-electron chi connectivity index (χ3n) is 2.60. The average Bonchev–Trinajstić information content (AvgIpc) is 2.55. The maximum absolute atomic E-state index is 4.49. The Kier molecular flexibility index (Phi) is 4.82. The first-order chi connectivity index (χ1) is 7.15. The molecule has 1 aromatic rings. The van der Waals surface area contributed by atoms with Crippen LogP contribution < -0.4 is 5.32 Å². The van der Waals surface area contributed by atoms with Crippen LogP contribution in [-0.2, 0) is 13.6 Å². The van der Waals surface area contributed by atoms with Crippen LogP contribution in [0.4, 0.5) is 0 Å². The van der Waals surface area contributed by atoms with Gasteiger partial charge in [-0.1, -0.05) is 27.2 Å². The van der Waals surface area contributed by atoms with Crippen LogP contribution in [-0.4, -0.2) is 16.3 Å². The molecule has 0 spiro atoms. The molecule has 0 aliphatic rings. The van der Waals surface area contributed by atoms with E-state index in [4.69, 9.17) is 0 Å². The third kappa shape index (κ3) is 3.67. The highest BCUT2D eigenvalue weighted by Gasteiger charge is 2.07. The van der Waals surface area contributed by atoms with Crippen molar-refractivity contribution < 1.29 is 0 Å². The van der Waals surface area contributed by atoms with Crippen LogP contribution >= 0.6 is 0 Å². The Morgan fingerprint density at radius 2 is 2.20 bits per heavy atom. The fourth-order valence-corrected chi connectivity index (χ4v) is 1.50. The molecule has 0 saturated carbocycles. The van der Waals surface area contributed by atoms with E-state index in [2.05, 4.69) is 37.3 Å². The van der Waals surface area contributed by atoms with Crippen molar-refractivity contribution in [1.29, 1.82) is 0 Å². The van der Waals surface area contributed by atoms with Gasteiger partial charge in [0.15, 0.2) is 0 Å². The second-order valence-corrected chi connectivity index (χ2v) is 4.37. The predicted molar refractivity (Wildman–Crippen MR) is 63.9 cm³/mol. The number of hydrogen-bond donors (Lipinski definition) is 1. The van der Waals surface area contributed by atoms with Crippen molar-refractivity contribution in [3.8, 4) is 0 Å². The zero-order valence-electron chi connectivity index (χ0n) is 10.4. The van der Waals surface area contributed by atoms with Crippen LogP contribution in [0.15, 0.2) is 6.07 Å². The SMILES string of the molecule is CCCCNCc1cc(C(C)C)nn1C. The summed E-state index contributed by atoms with van der Waals surface area (Å²) in [7, 11) is 2.02. The molecule has 1 N–H and O–H groups in total. The largest absolute Gasteiger partial charge is 0.311 e. The molecular weight excluding hydrogens is 186 g/mol. The number of nitrogens with zero attached hydrogens (tertiary/aromatic N) is 2. The average molecular weight is 209 g/mol. The Bertz CT molecular complexity index is 289. The topological polar surface area (TPSA) is 29.9 Å². The van der Waals surface area contributed by atoms with Crippen LogP contribution in [0.25, 0.3) is 0 Å². The van der Waals surface area contributed by atoms with Gasteiger partial charge in [0.2, 0.25) is 0 Å². The van der Waals surface area contributed by atoms with E-state index in [0.29, 0.717) is 5.92 Å². The lowest BCUT2D eigenvalue weighted by Crippen LogP contribution is -2.16. The zero-order valence-corrected chi connectivity index (χ0v) is 10.4. The number of hydrogen-bond acceptors (Lipinski definition) is 2. The fraction of sp³-hybridized carbons (Fsp3) is 0.750. The van der Waals surface area contributed by atoms with Gasteiger partial charge in [-0.05, 0) is 24.9 Å². The van der Waals surface area contributed by atoms with Crippen molar-refractivity contribution in [2.24, 2.45) is 7.05 Å². The summed E-state index contributed by atoms with van der Waals surface area (Å²) in [5.41, 5.74) is 2.46. The molecule has 0 fully saturated rings. The first-order valence-electron chi connectivity index (χ1n) is 5.88. The quantitative estimate of drug-likeness (QED) is 0.729. The van der Waals surface area contributed by atoms with Crippen molar-refractivity contribution >= 4 is 0 Å². The Morgan fingerprint density at radius 1 is 1.47 bits per heavy atom. The smallest absolute Gasteiger partial charge is 0.0653 e. The van der Waals surface area contributed by atoms with Gasteiger partial charge in [0.1, 0.15) is 0 Å².